The first-order valence-electron chi connectivity index (χ1n) is 4.47. The Morgan fingerprint density at radius 2 is 1.93 bits per heavy atom. The Kier molecular flexibility index (Phi) is 2.98. The summed E-state index contributed by atoms with van der Waals surface area (Å²) >= 11 is 12.0. The van der Waals surface area contributed by atoms with E-state index in [-0.39, 0.29) is 18.3 Å². The molecule has 0 fully saturated rings. The van der Waals surface area contributed by atoms with Gasteiger partial charge in [0.15, 0.2) is 5.78 Å². The summed E-state index contributed by atoms with van der Waals surface area (Å²) in [6, 6.07) is 5.22. The van der Waals surface area contributed by atoms with Crippen molar-refractivity contribution in [2.75, 3.05) is 0 Å². The van der Waals surface area contributed by atoms with E-state index in [0.717, 1.165) is 0 Å². The summed E-state index contributed by atoms with van der Waals surface area (Å²) in [5.41, 5.74) is 0.679. The summed E-state index contributed by atoms with van der Waals surface area (Å²) in [6.45, 7) is 0. The number of hydrogen-bond donors (Lipinski definition) is 0. The van der Waals surface area contributed by atoms with Gasteiger partial charge in [0.2, 0.25) is 0 Å². The Balaban J connectivity index is 2.37. The van der Waals surface area contributed by atoms with Crippen molar-refractivity contribution < 1.29 is 9.53 Å². The normalized spacial score (nSPS) is 20.1. The van der Waals surface area contributed by atoms with Gasteiger partial charge in [0.1, 0.15) is 6.10 Å². The van der Waals surface area contributed by atoms with E-state index in [9.17, 15) is 4.79 Å². The number of hydrogen-bond acceptors (Lipinski definition) is 2. The monoisotopic (exact) mass is 242 g/mol. The fourth-order valence-electron chi connectivity index (χ4n) is 1.50. The van der Waals surface area contributed by atoms with E-state index in [2.05, 4.69) is 0 Å². The summed E-state index contributed by atoms with van der Waals surface area (Å²) < 4.78 is 5.33. The molecule has 0 aliphatic carbocycles. The van der Waals surface area contributed by atoms with Gasteiger partial charge < -0.3 is 4.74 Å². The highest BCUT2D eigenvalue weighted by Gasteiger charge is 2.23. The van der Waals surface area contributed by atoms with Gasteiger partial charge in [0.05, 0.1) is 12.7 Å². The van der Waals surface area contributed by atoms with Crippen LogP contribution in [0.5, 0.6) is 0 Å². The molecule has 1 atom stereocenters. The highest BCUT2D eigenvalue weighted by molar-refractivity contribution is 6.36. The van der Waals surface area contributed by atoms with Gasteiger partial charge in [0, 0.05) is 21.7 Å². The van der Waals surface area contributed by atoms with E-state index in [0.29, 0.717) is 15.6 Å². The van der Waals surface area contributed by atoms with Crippen LogP contribution < -0.4 is 0 Å². The topological polar surface area (TPSA) is 26.3 Å². The molecule has 0 saturated heterocycles. The molecule has 0 aromatic heterocycles. The molecule has 4 heteroatoms. The smallest absolute Gasteiger partial charge is 0.162 e. The third kappa shape index (κ3) is 2.16. The molecule has 2 nitrogen and oxygen atoms in total. The molecule has 1 aromatic rings. The van der Waals surface area contributed by atoms with Crippen molar-refractivity contribution in [1.29, 1.82) is 0 Å². The first-order valence-corrected chi connectivity index (χ1v) is 5.23. The minimum atomic E-state index is -0.372. The Bertz CT molecular complexity index is 406. The van der Waals surface area contributed by atoms with Crippen LogP contribution in [0, 0.1) is 0 Å². The van der Waals surface area contributed by atoms with Gasteiger partial charge >= 0.3 is 0 Å². The van der Waals surface area contributed by atoms with E-state index in [1.807, 2.05) is 0 Å². The molecular weight excluding hydrogens is 235 g/mol. The largest absolute Gasteiger partial charge is 0.493 e. The quantitative estimate of drug-likeness (QED) is 0.754. The summed E-state index contributed by atoms with van der Waals surface area (Å²) in [6.07, 6.45) is 2.70. The van der Waals surface area contributed by atoms with E-state index in [1.54, 1.807) is 18.2 Å². The maximum Gasteiger partial charge on any atom is 0.162 e. The molecule has 0 radical (unpaired) electrons. The van der Waals surface area contributed by atoms with Gasteiger partial charge in [-0.05, 0) is 12.1 Å². The maximum absolute atomic E-state index is 11.2. The number of halogens is 2. The average Bonchev–Trinajstić information content (AvgIpc) is 2.17. The van der Waals surface area contributed by atoms with Crippen LogP contribution in [0.1, 0.15) is 18.1 Å². The fraction of sp³-hybridized carbons (Fsp3) is 0.182. The van der Waals surface area contributed by atoms with E-state index in [4.69, 9.17) is 27.9 Å². The van der Waals surface area contributed by atoms with Gasteiger partial charge in [-0.25, -0.2) is 0 Å². The van der Waals surface area contributed by atoms with E-state index >= 15 is 0 Å². The lowest BCUT2D eigenvalue weighted by molar-refractivity contribution is -0.118. The van der Waals surface area contributed by atoms with Crippen LogP contribution in [0.4, 0.5) is 0 Å². The Hall–Kier alpha value is -0.990. The van der Waals surface area contributed by atoms with Crippen molar-refractivity contribution in [3.8, 4) is 0 Å². The predicted molar refractivity (Wildman–Crippen MR) is 59.1 cm³/mol. The summed E-state index contributed by atoms with van der Waals surface area (Å²) in [4.78, 5) is 11.2. The molecule has 0 N–H and O–H groups in total. The van der Waals surface area contributed by atoms with Crippen molar-refractivity contribution in [3.63, 3.8) is 0 Å². The first-order chi connectivity index (χ1) is 7.18. The second-order valence-electron chi connectivity index (χ2n) is 3.23. The zero-order chi connectivity index (χ0) is 10.8. The zero-order valence-electron chi connectivity index (χ0n) is 7.74. The molecule has 1 aromatic carbocycles. The first kappa shape index (κ1) is 10.5. The minimum absolute atomic E-state index is 0.0160. The van der Waals surface area contributed by atoms with Crippen molar-refractivity contribution in [2.45, 2.75) is 12.5 Å². The molecule has 0 bridgehead atoms. The molecule has 78 valence electrons. The van der Waals surface area contributed by atoms with Crippen LogP contribution in [0.2, 0.25) is 10.0 Å². The van der Waals surface area contributed by atoms with Gasteiger partial charge in [-0.1, -0.05) is 29.3 Å². The number of ketones is 1. The highest BCUT2D eigenvalue weighted by atomic mass is 35.5. The van der Waals surface area contributed by atoms with Gasteiger partial charge in [-0.2, -0.15) is 0 Å². The molecule has 0 spiro atoms. The van der Waals surface area contributed by atoms with Crippen LogP contribution >= 0.6 is 23.2 Å². The van der Waals surface area contributed by atoms with E-state index in [1.165, 1.54) is 12.3 Å². The number of ether oxygens (including phenoxy) is 1. The van der Waals surface area contributed by atoms with Gasteiger partial charge in [-0.15, -0.1) is 0 Å². The predicted octanol–water partition coefficient (Wildman–Crippen LogP) is 3.54. The average molecular weight is 243 g/mol. The molecule has 15 heavy (non-hydrogen) atoms. The second kappa shape index (κ2) is 4.25. The second-order valence-corrected chi connectivity index (χ2v) is 4.05. The zero-order valence-corrected chi connectivity index (χ0v) is 9.26. The van der Waals surface area contributed by atoms with Crippen molar-refractivity contribution in [2.24, 2.45) is 0 Å². The van der Waals surface area contributed by atoms with Crippen LogP contribution in [0.15, 0.2) is 30.5 Å². The minimum Gasteiger partial charge on any atom is -0.493 e. The molecular formula is C11H8Cl2O2. The number of carbonyl (C=O) groups is 1. The van der Waals surface area contributed by atoms with Gasteiger partial charge in [-0.3, -0.25) is 4.79 Å². The lowest BCUT2D eigenvalue weighted by Crippen LogP contribution is -2.12. The number of carbonyl (C=O) groups excluding carboxylic acids is 1. The van der Waals surface area contributed by atoms with Crippen molar-refractivity contribution in [1.82, 2.24) is 0 Å². The van der Waals surface area contributed by atoms with Crippen LogP contribution in [0.3, 0.4) is 0 Å². The Morgan fingerprint density at radius 3 is 2.53 bits per heavy atom. The Morgan fingerprint density at radius 1 is 1.27 bits per heavy atom. The van der Waals surface area contributed by atoms with Crippen LogP contribution in [-0.4, -0.2) is 5.78 Å². The van der Waals surface area contributed by atoms with Crippen LogP contribution in [0.25, 0.3) is 0 Å². The molecule has 1 heterocycles. The number of rotatable bonds is 1. The van der Waals surface area contributed by atoms with Crippen molar-refractivity contribution in [3.05, 3.63) is 46.1 Å². The molecule has 0 amide bonds. The summed E-state index contributed by atoms with van der Waals surface area (Å²) in [7, 11) is 0. The van der Waals surface area contributed by atoms with Gasteiger partial charge in [0.25, 0.3) is 0 Å². The summed E-state index contributed by atoms with van der Waals surface area (Å²) in [5, 5.41) is 1.05. The molecule has 2 rings (SSSR count). The van der Waals surface area contributed by atoms with E-state index < -0.39 is 0 Å². The molecule has 1 unspecified atom stereocenters. The summed E-state index contributed by atoms with van der Waals surface area (Å²) in [5.74, 6) is 0.0160. The molecule has 1 aliphatic heterocycles. The maximum atomic E-state index is 11.2. The Labute approximate surface area is 97.4 Å². The number of benzene rings is 1. The highest BCUT2D eigenvalue weighted by Crippen LogP contribution is 2.35. The number of allylic oxidation sites excluding steroid dienone is 1. The fourth-order valence-corrected chi connectivity index (χ4v) is 2.14. The SMILES string of the molecule is O=C1C=COC(c2c(Cl)cccc2Cl)C1. The lowest BCUT2D eigenvalue weighted by atomic mass is 10.0. The van der Waals surface area contributed by atoms with Crippen molar-refractivity contribution >= 4 is 29.0 Å². The molecule has 1 aliphatic rings. The molecule has 0 saturated carbocycles. The van der Waals surface area contributed by atoms with Crippen LogP contribution in [-0.2, 0) is 9.53 Å². The lowest BCUT2D eigenvalue weighted by Gasteiger charge is -2.20. The third-order valence-corrected chi connectivity index (χ3v) is 2.86. The standard InChI is InChI=1S/C11H8Cl2O2/c12-8-2-1-3-9(13)11(8)10-6-7(14)4-5-15-10/h1-5,10H,6H2. The third-order valence-electron chi connectivity index (χ3n) is 2.21.